The molecule has 4 rings (SSSR count). The van der Waals surface area contributed by atoms with Gasteiger partial charge < -0.3 is 18.9 Å². The van der Waals surface area contributed by atoms with Gasteiger partial charge in [-0.25, -0.2) is 14.8 Å². The van der Waals surface area contributed by atoms with Crippen LogP contribution in [0, 0.1) is 0 Å². The molecule has 8 nitrogen and oxygen atoms in total. The Morgan fingerprint density at radius 1 is 1.26 bits per heavy atom. The van der Waals surface area contributed by atoms with Crippen LogP contribution in [0.3, 0.4) is 0 Å². The van der Waals surface area contributed by atoms with Crippen LogP contribution >= 0.6 is 0 Å². The van der Waals surface area contributed by atoms with E-state index in [4.69, 9.17) is 18.9 Å². The fourth-order valence-corrected chi connectivity index (χ4v) is 4.09. The van der Waals surface area contributed by atoms with Crippen LogP contribution in [0.5, 0.6) is 5.75 Å². The van der Waals surface area contributed by atoms with Gasteiger partial charge in [0.25, 0.3) is 0 Å². The molecule has 8 heteroatoms. The van der Waals surface area contributed by atoms with E-state index in [0.717, 1.165) is 42.3 Å². The third-order valence-corrected chi connectivity index (χ3v) is 5.51. The van der Waals surface area contributed by atoms with E-state index in [2.05, 4.69) is 9.97 Å². The van der Waals surface area contributed by atoms with Crippen molar-refractivity contribution < 1.29 is 18.7 Å². The standard InChI is InChI=1S/C23H30N4O4/c1-23(2,3)31-22(28)27(15-8-6-5-7-9-15)13-21-25-17-10-16(20-12-24-14-30-20)19(29-4)11-18(17)26-21/h10-12,14-15H,5-9,13H2,1-4H3,(H,25,26). The molecule has 0 atom stereocenters. The van der Waals surface area contributed by atoms with Crippen molar-refractivity contribution >= 4 is 17.1 Å². The maximum atomic E-state index is 13.0. The first-order valence-electron chi connectivity index (χ1n) is 10.8. The Balaban J connectivity index is 1.64. The Hall–Kier alpha value is -3.03. The number of nitrogens with one attached hydrogen (secondary N) is 1. The minimum absolute atomic E-state index is 0.163. The van der Waals surface area contributed by atoms with Crippen molar-refractivity contribution in [2.45, 2.75) is 71.1 Å². The molecule has 1 aliphatic carbocycles. The molecule has 2 heterocycles. The highest BCUT2D eigenvalue weighted by molar-refractivity contribution is 5.85. The molecule has 0 aliphatic heterocycles. The summed E-state index contributed by atoms with van der Waals surface area (Å²) in [6.07, 6.45) is 8.19. The zero-order valence-corrected chi connectivity index (χ0v) is 18.6. The van der Waals surface area contributed by atoms with Crippen LogP contribution in [-0.4, -0.2) is 44.7 Å². The van der Waals surface area contributed by atoms with Crippen LogP contribution in [0.1, 0.15) is 58.7 Å². The fourth-order valence-electron chi connectivity index (χ4n) is 4.09. The molecule has 3 aromatic rings. The molecule has 166 valence electrons. The third-order valence-electron chi connectivity index (χ3n) is 5.51. The Morgan fingerprint density at radius 3 is 2.68 bits per heavy atom. The summed E-state index contributed by atoms with van der Waals surface area (Å²) in [5.41, 5.74) is 1.86. The number of hydrogen-bond donors (Lipinski definition) is 1. The molecular weight excluding hydrogens is 396 g/mol. The number of H-pyrrole nitrogens is 1. The number of carbonyl (C=O) groups excluding carboxylic acids is 1. The average molecular weight is 427 g/mol. The molecule has 0 unspecified atom stereocenters. The molecule has 0 spiro atoms. The molecular formula is C23H30N4O4. The SMILES string of the molecule is COc1cc2nc(CN(C(=O)OC(C)(C)C)C3CCCCC3)[nH]c2cc1-c1cnco1. The minimum Gasteiger partial charge on any atom is -0.496 e. The molecule has 0 radical (unpaired) electrons. The number of hydrogen-bond acceptors (Lipinski definition) is 6. The number of benzene rings is 1. The number of nitrogens with zero attached hydrogens (tertiary/aromatic N) is 3. The number of imidazole rings is 1. The second kappa shape index (κ2) is 8.61. The minimum atomic E-state index is -0.544. The molecule has 1 aromatic carbocycles. The van der Waals surface area contributed by atoms with Gasteiger partial charge in [-0.05, 0) is 39.7 Å². The summed E-state index contributed by atoms with van der Waals surface area (Å²) in [4.78, 5) is 26.9. The summed E-state index contributed by atoms with van der Waals surface area (Å²) in [5, 5.41) is 0. The highest BCUT2D eigenvalue weighted by Gasteiger charge is 2.30. The number of aromatic nitrogens is 3. The normalized spacial score (nSPS) is 15.2. The monoisotopic (exact) mass is 426 g/mol. The number of amides is 1. The summed E-state index contributed by atoms with van der Waals surface area (Å²) < 4.78 is 16.7. The van der Waals surface area contributed by atoms with E-state index in [1.807, 2.05) is 37.8 Å². The highest BCUT2D eigenvalue weighted by atomic mass is 16.6. The van der Waals surface area contributed by atoms with Crippen LogP contribution < -0.4 is 4.74 Å². The van der Waals surface area contributed by atoms with Crippen molar-refractivity contribution in [1.29, 1.82) is 0 Å². The van der Waals surface area contributed by atoms with Gasteiger partial charge >= 0.3 is 6.09 Å². The highest BCUT2D eigenvalue weighted by Crippen LogP contribution is 2.33. The lowest BCUT2D eigenvalue weighted by atomic mass is 9.94. The predicted octanol–water partition coefficient (Wildman–Crippen LogP) is 5.30. The van der Waals surface area contributed by atoms with Gasteiger partial charge in [0.05, 0.1) is 36.4 Å². The van der Waals surface area contributed by atoms with Crippen LogP contribution in [-0.2, 0) is 11.3 Å². The second-order valence-corrected chi connectivity index (χ2v) is 9.02. The summed E-state index contributed by atoms with van der Waals surface area (Å²) in [6, 6.07) is 3.96. The largest absolute Gasteiger partial charge is 0.496 e. The number of methoxy groups -OCH3 is 1. The zero-order valence-electron chi connectivity index (χ0n) is 18.6. The van der Waals surface area contributed by atoms with Gasteiger partial charge in [-0.1, -0.05) is 19.3 Å². The predicted molar refractivity (Wildman–Crippen MR) is 117 cm³/mol. The molecule has 1 amide bonds. The van der Waals surface area contributed by atoms with Gasteiger partial charge in [-0.15, -0.1) is 0 Å². The molecule has 1 saturated carbocycles. The number of rotatable bonds is 5. The number of oxazole rings is 1. The smallest absolute Gasteiger partial charge is 0.410 e. The Labute approximate surface area is 181 Å². The number of carbonyl (C=O) groups is 1. The lowest BCUT2D eigenvalue weighted by molar-refractivity contribution is 0.00931. The van der Waals surface area contributed by atoms with E-state index < -0.39 is 5.60 Å². The maximum absolute atomic E-state index is 13.0. The van der Waals surface area contributed by atoms with E-state index in [9.17, 15) is 4.79 Å². The molecule has 1 aliphatic rings. The van der Waals surface area contributed by atoms with Crippen molar-refractivity contribution in [2.24, 2.45) is 0 Å². The van der Waals surface area contributed by atoms with Crippen molar-refractivity contribution in [1.82, 2.24) is 19.9 Å². The molecule has 1 fully saturated rings. The first-order valence-corrected chi connectivity index (χ1v) is 10.8. The summed E-state index contributed by atoms with van der Waals surface area (Å²) >= 11 is 0. The van der Waals surface area contributed by atoms with E-state index in [0.29, 0.717) is 23.9 Å². The topological polar surface area (TPSA) is 93.5 Å². The Bertz CT molecular complexity index is 1030. The number of ether oxygens (including phenoxy) is 2. The van der Waals surface area contributed by atoms with E-state index in [-0.39, 0.29) is 12.1 Å². The molecule has 0 bridgehead atoms. The van der Waals surface area contributed by atoms with Crippen molar-refractivity contribution in [3.63, 3.8) is 0 Å². The summed E-state index contributed by atoms with van der Waals surface area (Å²) in [7, 11) is 1.61. The Kier molecular flexibility index (Phi) is 5.89. The Morgan fingerprint density at radius 2 is 2.03 bits per heavy atom. The third kappa shape index (κ3) is 4.84. The first-order chi connectivity index (χ1) is 14.8. The van der Waals surface area contributed by atoms with E-state index in [1.165, 1.54) is 12.8 Å². The van der Waals surface area contributed by atoms with Gasteiger partial charge in [0.2, 0.25) is 0 Å². The van der Waals surface area contributed by atoms with Gasteiger partial charge in [0.1, 0.15) is 17.2 Å². The average Bonchev–Trinajstić information content (AvgIpc) is 3.39. The lowest BCUT2D eigenvalue weighted by Crippen LogP contribution is -2.44. The molecule has 31 heavy (non-hydrogen) atoms. The van der Waals surface area contributed by atoms with Crippen LogP contribution in [0.4, 0.5) is 4.79 Å². The fraction of sp³-hybridized carbons (Fsp3) is 0.522. The summed E-state index contributed by atoms with van der Waals surface area (Å²) in [5.74, 6) is 1.98. The van der Waals surface area contributed by atoms with E-state index >= 15 is 0 Å². The van der Waals surface area contributed by atoms with Crippen molar-refractivity contribution in [3.8, 4) is 17.1 Å². The zero-order chi connectivity index (χ0) is 22.0. The van der Waals surface area contributed by atoms with E-state index in [1.54, 1.807) is 13.3 Å². The number of fused-ring (bicyclic) bond motifs is 1. The first kappa shape index (κ1) is 21.2. The van der Waals surface area contributed by atoms with Gasteiger partial charge in [-0.3, -0.25) is 4.90 Å². The van der Waals surface area contributed by atoms with Crippen LogP contribution in [0.15, 0.2) is 29.1 Å². The maximum Gasteiger partial charge on any atom is 0.410 e. The molecule has 2 aromatic heterocycles. The van der Waals surface area contributed by atoms with Crippen LogP contribution in [0.2, 0.25) is 0 Å². The summed E-state index contributed by atoms with van der Waals surface area (Å²) in [6.45, 7) is 6.04. The van der Waals surface area contributed by atoms with Crippen molar-refractivity contribution in [2.75, 3.05) is 7.11 Å². The van der Waals surface area contributed by atoms with Gasteiger partial charge in [0, 0.05) is 12.1 Å². The van der Waals surface area contributed by atoms with Gasteiger partial charge in [-0.2, -0.15) is 0 Å². The lowest BCUT2D eigenvalue weighted by Gasteiger charge is -2.35. The number of aromatic amines is 1. The quantitative estimate of drug-likeness (QED) is 0.595. The van der Waals surface area contributed by atoms with Gasteiger partial charge in [0.15, 0.2) is 12.2 Å². The molecule has 0 saturated heterocycles. The van der Waals surface area contributed by atoms with Crippen LogP contribution in [0.25, 0.3) is 22.4 Å². The second-order valence-electron chi connectivity index (χ2n) is 9.02. The van der Waals surface area contributed by atoms with Crippen molar-refractivity contribution in [3.05, 3.63) is 30.5 Å². The molecule has 1 N–H and O–H groups in total.